The molecule has 0 spiro atoms. The Balaban J connectivity index is 2.69. The van der Waals surface area contributed by atoms with Crippen LogP contribution in [0.25, 0.3) is 10.9 Å². The van der Waals surface area contributed by atoms with Gasteiger partial charge >= 0.3 is 0 Å². The molecule has 2 nitrogen and oxygen atoms in total. The second kappa shape index (κ2) is 4.22. The quantitative estimate of drug-likeness (QED) is 0.853. The molecule has 2 rings (SSSR count). The molecular weight excluding hydrogens is 212 g/mol. The summed E-state index contributed by atoms with van der Waals surface area (Å²) in [6.45, 7) is 2.55. The van der Waals surface area contributed by atoms with Crippen LogP contribution in [0, 0.1) is 11.6 Å². The van der Waals surface area contributed by atoms with E-state index >= 15 is 0 Å². The molecule has 0 saturated carbocycles. The van der Waals surface area contributed by atoms with Crippen LogP contribution < -0.4 is 0 Å². The van der Waals surface area contributed by atoms with Gasteiger partial charge in [0.1, 0.15) is 0 Å². The number of hydrogen-bond acceptors (Lipinski definition) is 1. The number of hydrogen-bond donors (Lipinski definition) is 1. The molecule has 2 aromatic rings. The van der Waals surface area contributed by atoms with Gasteiger partial charge in [0.25, 0.3) is 0 Å². The fraction of sp³-hybridized carbons (Fsp3) is 0.333. The fourth-order valence-electron chi connectivity index (χ4n) is 1.93. The lowest BCUT2D eigenvalue weighted by molar-refractivity contribution is 0.271. The molecule has 0 saturated heterocycles. The molecule has 1 N–H and O–H groups in total. The molecule has 0 radical (unpaired) electrons. The van der Waals surface area contributed by atoms with E-state index in [9.17, 15) is 13.9 Å². The first-order valence-electron chi connectivity index (χ1n) is 5.25. The van der Waals surface area contributed by atoms with Crippen molar-refractivity contribution in [2.75, 3.05) is 0 Å². The smallest absolute Gasteiger partial charge is 0.160 e. The summed E-state index contributed by atoms with van der Waals surface area (Å²) in [4.78, 5) is 0. The first kappa shape index (κ1) is 11.1. The number of aliphatic hydroxyl groups is 1. The average molecular weight is 225 g/mol. The SMILES string of the molecule is CCCn1c(CO)cc2cc(F)c(F)cc21. The summed E-state index contributed by atoms with van der Waals surface area (Å²) < 4.78 is 28.0. The number of aliphatic hydroxyl groups excluding tert-OH is 1. The van der Waals surface area contributed by atoms with Gasteiger partial charge in [0, 0.05) is 23.7 Å². The Labute approximate surface area is 92.1 Å². The van der Waals surface area contributed by atoms with Gasteiger partial charge in [-0.15, -0.1) is 0 Å². The first-order valence-corrected chi connectivity index (χ1v) is 5.25. The number of nitrogens with zero attached hydrogens (tertiary/aromatic N) is 1. The molecule has 1 aromatic heterocycles. The van der Waals surface area contributed by atoms with Crippen LogP contribution >= 0.6 is 0 Å². The van der Waals surface area contributed by atoms with Crippen LogP contribution in [0.4, 0.5) is 8.78 Å². The van der Waals surface area contributed by atoms with Crippen LogP contribution in [0.1, 0.15) is 19.0 Å². The maximum absolute atomic E-state index is 13.1. The van der Waals surface area contributed by atoms with Gasteiger partial charge in [-0.25, -0.2) is 8.78 Å². The summed E-state index contributed by atoms with van der Waals surface area (Å²) in [5, 5.41) is 9.80. The van der Waals surface area contributed by atoms with E-state index in [4.69, 9.17) is 0 Å². The third kappa shape index (κ3) is 1.69. The second-order valence-electron chi connectivity index (χ2n) is 3.77. The molecule has 0 amide bonds. The Morgan fingerprint density at radius 2 is 1.88 bits per heavy atom. The highest BCUT2D eigenvalue weighted by atomic mass is 19.2. The summed E-state index contributed by atoms with van der Waals surface area (Å²) >= 11 is 0. The molecule has 0 aliphatic carbocycles. The van der Waals surface area contributed by atoms with Crippen LogP contribution in [-0.2, 0) is 13.2 Å². The van der Waals surface area contributed by atoms with Crippen molar-refractivity contribution >= 4 is 10.9 Å². The van der Waals surface area contributed by atoms with Gasteiger partial charge in [-0.2, -0.15) is 0 Å². The first-order chi connectivity index (χ1) is 7.67. The number of fused-ring (bicyclic) bond motifs is 1. The molecule has 0 bridgehead atoms. The van der Waals surface area contributed by atoms with Gasteiger partial charge in [0.15, 0.2) is 11.6 Å². The van der Waals surface area contributed by atoms with E-state index in [-0.39, 0.29) is 6.61 Å². The van der Waals surface area contributed by atoms with E-state index in [0.29, 0.717) is 23.1 Å². The fourth-order valence-corrected chi connectivity index (χ4v) is 1.93. The highest BCUT2D eigenvalue weighted by Crippen LogP contribution is 2.23. The Kier molecular flexibility index (Phi) is 2.92. The standard InChI is InChI=1S/C12H13F2NO/c1-2-3-15-9(7-16)4-8-5-10(13)11(14)6-12(8)15/h4-6,16H,2-3,7H2,1H3. The zero-order chi connectivity index (χ0) is 11.7. The number of benzene rings is 1. The molecular formula is C12H13F2NO. The van der Waals surface area contributed by atoms with Crippen molar-refractivity contribution in [3.8, 4) is 0 Å². The minimum absolute atomic E-state index is 0.127. The maximum Gasteiger partial charge on any atom is 0.160 e. The molecule has 0 atom stereocenters. The highest BCUT2D eigenvalue weighted by Gasteiger charge is 2.11. The van der Waals surface area contributed by atoms with Gasteiger partial charge in [-0.3, -0.25) is 0 Å². The second-order valence-corrected chi connectivity index (χ2v) is 3.77. The van der Waals surface area contributed by atoms with E-state index < -0.39 is 11.6 Å². The van der Waals surface area contributed by atoms with Crippen molar-refractivity contribution in [1.29, 1.82) is 0 Å². The third-order valence-corrected chi connectivity index (χ3v) is 2.64. The van der Waals surface area contributed by atoms with Gasteiger partial charge in [0.2, 0.25) is 0 Å². The van der Waals surface area contributed by atoms with Gasteiger partial charge in [-0.05, 0) is 18.6 Å². The molecule has 4 heteroatoms. The Bertz CT molecular complexity index is 519. The summed E-state index contributed by atoms with van der Waals surface area (Å²) in [6.07, 6.45) is 0.871. The van der Waals surface area contributed by atoms with Gasteiger partial charge in [0.05, 0.1) is 12.1 Å². The number of aromatic nitrogens is 1. The summed E-state index contributed by atoms with van der Waals surface area (Å²) in [6, 6.07) is 4.03. The Morgan fingerprint density at radius 3 is 2.50 bits per heavy atom. The molecule has 16 heavy (non-hydrogen) atoms. The monoisotopic (exact) mass is 225 g/mol. The lowest BCUT2D eigenvalue weighted by Crippen LogP contribution is -2.02. The van der Waals surface area contributed by atoms with E-state index in [1.807, 2.05) is 11.5 Å². The van der Waals surface area contributed by atoms with E-state index in [1.165, 1.54) is 6.07 Å². The van der Waals surface area contributed by atoms with Crippen molar-refractivity contribution in [1.82, 2.24) is 4.57 Å². The molecule has 0 aliphatic rings. The van der Waals surface area contributed by atoms with Crippen LogP contribution in [-0.4, -0.2) is 9.67 Å². The molecule has 0 aliphatic heterocycles. The summed E-state index contributed by atoms with van der Waals surface area (Å²) in [7, 11) is 0. The molecule has 1 heterocycles. The number of halogens is 2. The topological polar surface area (TPSA) is 25.2 Å². The van der Waals surface area contributed by atoms with Crippen molar-refractivity contribution in [3.05, 3.63) is 35.5 Å². The zero-order valence-corrected chi connectivity index (χ0v) is 9.00. The van der Waals surface area contributed by atoms with E-state index in [2.05, 4.69) is 0 Å². The minimum Gasteiger partial charge on any atom is -0.390 e. The Morgan fingerprint density at radius 1 is 1.19 bits per heavy atom. The molecule has 86 valence electrons. The van der Waals surface area contributed by atoms with Crippen LogP contribution in [0.3, 0.4) is 0 Å². The van der Waals surface area contributed by atoms with E-state index in [0.717, 1.165) is 12.5 Å². The molecule has 0 fully saturated rings. The van der Waals surface area contributed by atoms with Gasteiger partial charge < -0.3 is 9.67 Å². The van der Waals surface area contributed by atoms with E-state index in [1.54, 1.807) is 6.07 Å². The minimum atomic E-state index is -0.856. The molecule has 1 aromatic carbocycles. The third-order valence-electron chi connectivity index (χ3n) is 2.64. The van der Waals surface area contributed by atoms with Crippen LogP contribution in [0.5, 0.6) is 0 Å². The average Bonchev–Trinajstić information content (AvgIpc) is 2.58. The predicted molar refractivity (Wildman–Crippen MR) is 58.1 cm³/mol. The van der Waals surface area contributed by atoms with Gasteiger partial charge in [-0.1, -0.05) is 6.92 Å². The van der Waals surface area contributed by atoms with Crippen molar-refractivity contribution < 1.29 is 13.9 Å². The van der Waals surface area contributed by atoms with Crippen molar-refractivity contribution in [2.45, 2.75) is 26.5 Å². The number of aryl methyl sites for hydroxylation is 1. The van der Waals surface area contributed by atoms with Crippen LogP contribution in [0.15, 0.2) is 18.2 Å². The number of rotatable bonds is 3. The normalized spacial score (nSPS) is 11.2. The lowest BCUT2D eigenvalue weighted by atomic mass is 10.2. The van der Waals surface area contributed by atoms with Crippen molar-refractivity contribution in [3.63, 3.8) is 0 Å². The Hall–Kier alpha value is -1.42. The molecule has 0 unspecified atom stereocenters. The van der Waals surface area contributed by atoms with Crippen molar-refractivity contribution in [2.24, 2.45) is 0 Å². The largest absolute Gasteiger partial charge is 0.390 e. The summed E-state index contributed by atoms with van der Waals surface area (Å²) in [5.41, 5.74) is 1.31. The maximum atomic E-state index is 13.1. The van der Waals surface area contributed by atoms with Crippen LogP contribution in [0.2, 0.25) is 0 Å². The highest BCUT2D eigenvalue weighted by molar-refractivity contribution is 5.81. The predicted octanol–water partition coefficient (Wildman–Crippen LogP) is 2.82. The zero-order valence-electron chi connectivity index (χ0n) is 9.00. The lowest BCUT2D eigenvalue weighted by Gasteiger charge is -2.07. The summed E-state index contributed by atoms with van der Waals surface area (Å²) in [5.74, 6) is -1.71.